The van der Waals surface area contributed by atoms with Gasteiger partial charge in [0.05, 0.1) is 24.6 Å². The van der Waals surface area contributed by atoms with Crippen LogP contribution in [0.5, 0.6) is 5.75 Å². The van der Waals surface area contributed by atoms with Crippen LogP contribution in [0.1, 0.15) is 30.9 Å². The topological polar surface area (TPSA) is 91.7 Å². The lowest BCUT2D eigenvalue weighted by atomic mass is 9.73. The highest BCUT2D eigenvalue weighted by atomic mass is 32.2. The summed E-state index contributed by atoms with van der Waals surface area (Å²) in [6.07, 6.45) is 2.46. The summed E-state index contributed by atoms with van der Waals surface area (Å²) in [6, 6.07) is 10.7. The number of aliphatic hydroxyl groups is 1. The summed E-state index contributed by atoms with van der Waals surface area (Å²) in [5, 5.41) is 25.2. The third kappa shape index (κ3) is 6.32. The zero-order chi connectivity index (χ0) is 25.7. The Hall–Kier alpha value is -2.75. The van der Waals surface area contributed by atoms with Crippen LogP contribution in [-0.2, 0) is 4.79 Å². The minimum atomic E-state index is -0.856. The van der Waals surface area contributed by atoms with Gasteiger partial charge in [0, 0.05) is 29.1 Å². The third-order valence-electron chi connectivity index (χ3n) is 6.92. The number of aliphatic hydroxyl groups excluding tert-OH is 1. The Morgan fingerprint density at radius 3 is 2.72 bits per heavy atom. The molecule has 2 unspecified atom stereocenters. The average Bonchev–Trinajstić information content (AvgIpc) is 2.86. The quantitative estimate of drug-likeness (QED) is 0.325. The SMILES string of the molecule is COc1ccc2nccc([C@@H](O)C[C@@H](CCSc3cc(F)cc(F)c3)C3CCNCC3C(=O)O)c2c1. The number of fused-ring (bicyclic) bond motifs is 1. The Bertz CT molecular complexity index is 1190. The first-order valence-electron chi connectivity index (χ1n) is 12.0. The number of thioether (sulfide) groups is 1. The minimum Gasteiger partial charge on any atom is -0.497 e. The van der Waals surface area contributed by atoms with Crippen LogP contribution in [0.15, 0.2) is 53.6 Å². The van der Waals surface area contributed by atoms with E-state index in [1.54, 1.807) is 19.4 Å². The second-order valence-corrected chi connectivity index (χ2v) is 10.3. The van der Waals surface area contributed by atoms with E-state index in [0.29, 0.717) is 54.3 Å². The first-order valence-corrected chi connectivity index (χ1v) is 13.0. The molecule has 192 valence electrons. The molecule has 1 aromatic heterocycles. The lowest BCUT2D eigenvalue weighted by molar-refractivity contribution is -0.145. The number of pyridine rings is 1. The Morgan fingerprint density at radius 1 is 1.22 bits per heavy atom. The molecule has 0 amide bonds. The maximum absolute atomic E-state index is 13.6. The van der Waals surface area contributed by atoms with Gasteiger partial charge >= 0.3 is 5.97 Å². The number of methoxy groups -OCH3 is 1. The van der Waals surface area contributed by atoms with Crippen molar-refractivity contribution in [2.75, 3.05) is 26.0 Å². The van der Waals surface area contributed by atoms with E-state index in [9.17, 15) is 23.8 Å². The van der Waals surface area contributed by atoms with E-state index >= 15 is 0 Å². The normalized spacial score (nSPS) is 19.7. The first kappa shape index (κ1) is 26.3. The number of piperidine rings is 1. The van der Waals surface area contributed by atoms with Crippen LogP contribution in [0.2, 0.25) is 0 Å². The fourth-order valence-electron chi connectivity index (χ4n) is 5.14. The van der Waals surface area contributed by atoms with Gasteiger partial charge in [-0.15, -0.1) is 11.8 Å². The maximum Gasteiger partial charge on any atom is 0.308 e. The second-order valence-electron chi connectivity index (χ2n) is 9.14. The summed E-state index contributed by atoms with van der Waals surface area (Å²) in [6.45, 7) is 1.09. The molecule has 0 saturated carbocycles. The van der Waals surface area contributed by atoms with Crippen molar-refractivity contribution in [1.82, 2.24) is 10.3 Å². The molecule has 4 rings (SSSR count). The van der Waals surface area contributed by atoms with Crippen molar-refractivity contribution in [3.05, 3.63) is 65.9 Å². The number of ether oxygens (including phenoxy) is 1. The number of aromatic nitrogens is 1. The van der Waals surface area contributed by atoms with Crippen molar-refractivity contribution in [2.24, 2.45) is 17.8 Å². The highest BCUT2D eigenvalue weighted by Gasteiger charge is 2.37. The second kappa shape index (κ2) is 12.0. The van der Waals surface area contributed by atoms with Crippen LogP contribution in [0.4, 0.5) is 8.78 Å². The summed E-state index contributed by atoms with van der Waals surface area (Å²) in [4.78, 5) is 16.9. The molecule has 1 aliphatic heterocycles. The molecule has 3 aromatic rings. The molecule has 4 atom stereocenters. The highest BCUT2D eigenvalue weighted by Crippen LogP contribution is 2.39. The van der Waals surface area contributed by atoms with Crippen LogP contribution in [0.3, 0.4) is 0 Å². The number of nitrogens with zero attached hydrogens (tertiary/aromatic N) is 1. The molecule has 1 aliphatic rings. The zero-order valence-electron chi connectivity index (χ0n) is 20.0. The molecular formula is C27H30F2N2O4S. The molecule has 0 aliphatic carbocycles. The van der Waals surface area contributed by atoms with E-state index in [0.717, 1.165) is 17.0 Å². The molecule has 0 bridgehead atoms. The number of carboxylic acids is 1. The number of carboxylic acid groups (broad SMARTS) is 1. The van der Waals surface area contributed by atoms with E-state index in [-0.39, 0.29) is 11.8 Å². The first-order chi connectivity index (χ1) is 17.4. The molecule has 0 spiro atoms. The van der Waals surface area contributed by atoms with Crippen molar-refractivity contribution in [3.63, 3.8) is 0 Å². The van der Waals surface area contributed by atoms with Gasteiger partial charge in [0.1, 0.15) is 17.4 Å². The maximum atomic E-state index is 13.6. The molecule has 3 N–H and O–H groups in total. The van der Waals surface area contributed by atoms with Gasteiger partial charge in [-0.05, 0) is 85.4 Å². The lowest BCUT2D eigenvalue weighted by Gasteiger charge is -2.36. The molecule has 9 heteroatoms. The van der Waals surface area contributed by atoms with Crippen LogP contribution in [-0.4, -0.2) is 47.1 Å². The number of carbonyl (C=O) groups is 1. The molecule has 36 heavy (non-hydrogen) atoms. The van der Waals surface area contributed by atoms with Crippen molar-refractivity contribution in [1.29, 1.82) is 0 Å². The van der Waals surface area contributed by atoms with E-state index < -0.39 is 29.6 Å². The van der Waals surface area contributed by atoms with E-state index in [1.165, 1.54) is 23.9 Å². The van der Waals surface area contributed by atoms with Gasteiger partial charge in [-0.25, -0.2) is 8.78 Å². The van der Waals surface area contributed by atoms with Crippen LogP contribution in [0.25, 0.3) is 10.9 Å². The van der Waals surface area contributed by atoms with Crippen molar-refractivity contribution in [3.8, 4) is 5.75 Å². The number of aliphatic carboxylic acids is 1. The van der Waals surface area contributed by atoms with Gasteiger partial charge in [-0.3, -0.25) is 9.78 Å². The molecule has 2 aromatic carbocycles. The Morgan fingerprint density at radius 2 is 2.00 bits per heavy atom. The summed E-state index contributed by atoms with van der Waals surface area (Å²) < 4.78 is 32.6. The van der Waals surface area contributed by atoms with Crippen molar-refractivity contribution in [2.45, 2.75) is 30.3 Å². The van der Waals surface area contributed by atoms with Crippen molar-refractivity contribution < 1.29 is 28.5 Å². The molecule has 6 nitrogen and oxygen atoms in total. The number of benzene rings is 2. The number of rotatable bonds is 10. The van der Waals surface area contributed by atoms with Gasteiger partial charge in [-0.1, -0.05) is 0 Å². The molecule has 1 saturated heterocycles. The zero-order valence-corrected chi connectivity index (χ0v) is 20.8. The molecule has 0 radical (unpaired) electrons. The van der Waals surface area contributed by atoms with Gasteiger partial charge in [0.15, 0.2) is 0 Å². The summed E-state index contributed by atoms with van der Waals surface area (Å²) in [5.74, 6) is -1.73. The number of hydrogen-bond acceptors (Lipinski definition) is 6. The highest BCUT2D eigenvalue weighted by molar-refractivity contribution is 7.99. The summed E-state index contributed by atoms with van der Waals surface area (Å²) >= 11 is 1.33. The lowest BCUT2D eigenvalue weighted by Crippen LogP contribution is -2.44. The predicted molar refractivity (Wildman–Crippen MR) is 135 cm³/mol. The fraction of sp³-hybridized carbons (Fsp3) is 0.407. The number of halogens is 2. The standard InChI is InChI=1S/C27H30F2N2O4S/c1-35-19-2-3-25-23(14-19)22(5-8-31-25)26(32)10-16(21-4-7-30-15-24(21)27(33)34)6-9-36-20-12-17(28)11-18(29)13-20/h2-3,5,8,11-14,16,21,24,26,30,32H,4,6-7,9-10,15H2,1H3,(H,33,34)/t16-,21?,24?,26+/m1/s1. The van der Waals surface area contributed by atoms with Crippen LogP contribution >= 0.6 is 11.8 Å². The minimum absolute atomic E-state index is 0.108. The van der Waals surface area contributed by atoms with Gasteiger partial charge in [-0.2, -0.15) is 0 Å². The van der Waals surface area contributed by atoms with E-state index in [2.05, 4.69) is 10.3 Å². The molecular weight excluding hydrogens is 486 g/mol. The summed E-state index contributed by atoms with van der Waals surface area (Å²) in [7, 11) is 1.58. The van der Waals surface area contributed by atoms with Gasteiger partial charge < -0.3 is 20.3 Å². The fourth-order valence-corrected chi connectivity index (χ4v) is 6.19. The van der Waals surface area contributed by atoms with Crippen molar-refractivity contribution >= 4 is 28.6 Å². The number of hydrogen-bond donors (Lipinski definition) is 3. The molecule has 1 fully saturated rings. The predicted octanol–water partition coefficient (Wildman–Crippen LogP) is 5.05. The third-order valence-corrected chi connectivity index (χ3v) is 7.93. The molecule has 2 heterocycles. The Kier molecular flexibility index (Phi) is 8.77. The number of nitrogens with one attached hydrogen (secondary N) is 1. The summed E-state index contributed by atoms with van der Waals surface area (Å²) in [5.41, 5.74) is 1.45. The smallest absolute Gasteiger partial charge is 0.308 e. The van der Waals surface area contributed by atoms with Gasteiger partial charge in [0.25, 0.3) is 0 Å². The Labute approximate surface area is 213 Å². The Balaban J connectivity index is 1.57. The van der Waals surface area contributed by atoms with Crippen LogP contribution in [0, 0.1) is 29.4 Å². The van der Waals surface area contributed by atoms with Crippen LogP contribution < -0.4 is 10.1 Å². The average molecular weight is 517 g/mol. The monoisotopic (exact) mass is 516 g/mol. The van der Waals surface area contributed by atoms with Gasteiger partial charge in [0.2, 0.25) is 0 Å². The largest absolute Gasteiger partial charge is 0.497 e. The van der Waals surface area contributed by atoms with E-state index in [4.69, 9.17) is 4.74 Å². The van der Waals surface area contributed by atoms with E-state index in [1.807, 2.05) is 18.2 Å².